The van der Waals surface area contributed by atoms with E-state index in [2.05, 4.69) is 15.1 Å². The van der Waals surface area contributed by atoms with Gasteiger partial charge in [-0.2, -0.15) is 5.10 Å². The molecule has 0 bridgehead atoms. The number of aromatic amines is 1. The third-order valence-corrected chi connectivity index (χ3v) is 4.25. The zero-order chi connectivity index (χ0) is 14.7. The summed E-state index contributed by atoms with van der Waals surface area (Å²) in [6.07, 6.45) is 3.08. The van der Waals surface area contributed by atoms with Gasteiger partial charge in [-0.05, 0) is 38.1 Å². The van der Waals surface area contributed by atoms with Gasteiger partial charge in [-0.3, -0.25) is 5.10 Å². The highest BCUT2D eigenvalue weighted by atomic mass is 19.1. The van der Waals surface area contributed by atoms with Crippen molar-refractivity contribution in [2.45, 2.75) is 24.9 Å². The third kappa shape index (κ3) is 3.31. The number of hydrogen-bond donors (Lipinski definition) is 2. The molecule has 0 amide bonds. The molecule has 0 saturated carbocycles. The fourth-order valence-electron chi connectivity index (χ4n) is 3.01. The molecule has 5 heteroatoms. The van der Waals surface area contributed by atoms with Crippen LogP contribution in [0.4, 0.5) is 4.39 Å². The molecule has 1 fully saturated rings. The number of aliphatic hydroxyl groups is 1. The van der Waals surface area contributed by atoms with E-state index in [4.69, 9.17) is 0 Å². The van der Waals surface area contributed by atoms with Gasteiger partial charge in [0, 0.05) is 29.9 Å². The van der Waals surface area contributed by atoms with Gasteiger partial charge in [0.25, 0.3) is 0 Å². The number of β-amino-alcohol motifs (C(OH)–C–C–N with tert-alkyl or cyclic N) is 1. The van der Waals surface area contributed by atoms with Crippen LogP contribution in [0.1, 0.15) is 36.1 Å². The first kappa shape index (κ1) is 14.2. The first-order valence-corrected chi connectivity index (χ1v) is 7.38. The largest absolute Gasteiger partial charge is 0.387 e. The quantitative estimate of drug-likeness (QED) is 0.909. The van der Waals surface area contributed by atoms with E-state index in [1.807, 2.05) is 6.07 Å². The SMILES string of the molecule is O[C@H](CN1CCC(c2ccn[nH]2)CC1)c1ccccc1F. The van der Waals surface area contributed by atoms with Crippen molar-refractivity contribution in [3.05, 3.63) is 53.6 Å². The lowest BCUT2D eigenvalue weighted by atomic mass is 9.93. The molecular weight excluding hydrogens is 269 g/mol. The summed E-state index contributed by atoms with van der Waals surface area (Å²) >= 11 is 0. The molecule has 1 saturated heterocycles. The predicted octanol–water partition coefficient (Wildman–Crippen LogP) is 2.46. The van der Waals surface area contributed by atoms with Crippen LogP contribution in [0, 0.1) is 5.82 Å². The second kappa shape index (κ2) is 6.37. The Balaban J connectivity index is 1.55. The number of aliphatic hydroxyl groups excluding tert-OH is 1. The molecular formula is C16H20FN3O. The van der Waals surface area contributed by atoms with Crippen molar-refractivity contribution in [2.75, 3.05) is 19.6 Å². The van der Waals surface area contributed by atoms with Gasteiger partial charge in [0.1, 0.15) is 5.82 Å². The lowest BCUT2D eigenvalue weighted by Crippen LogP contribution is -2.36. The van der Waals surface area contributed by atoms with Crippen LogP contribution in [0.2, 0.25) is 0 Å². The molecule has 1 aliphatic rings. The number of nitrogens with one attached hydrogen (secondary N) is 1. The van der Waals surface area contributed by atoms with Gasteiger partial charge in [-0.25, -0.2) is 4.39 Å². The van der Waals surface area contributed by atoms with Crippen LogP contribution in [-0.4, -0.2) is 39.8 Å². The zero-order valence-corrected chi connectivity index (χ0v) is 11.9. The topological polar surface area (TPSA) is 52.1 Å². The normalized spacial score (nSPS) is 18.8. The van der Waals surface area contributed by atoms with Gasteiger partial charge in [0.15, 0.2) is 0 Å². The van der Waals surface area contributed by atoms with Crippen molar-refractivity contribution in [2.24, 2.45) is 0 Å². The number of H-pyrrole nitrogens is 1. The molecule has 4 nitrogen and oxygen atoms in total. The number of likely N-dealkylation sites (tertiary alicyclic amines) is 1. The fraction of sp³-hybridized carbons (Fsp3) is 0.438. The molecule has 1 aliphatic heterocycles. The molecule has 1 aromatic carbocycles. The number of halogens is 1. The summed E-state index contributed by atoms with van der Waals surface area (Å²) < 4.78 is 13.7. The molecule has 1 atom stereocenters. The Morgan fingerprint density at radius 1 is 1.29 bits per heavy atom. The molecule has 3 rings (SSSR count). The molecule has 2 N–H and O–H groups in total. The van der Waals surface area contributed by atoms with E-state index in [-0.39, 0.29) is 5.82 Å². The Morgan fingerprint density at radius 2 is 2.05 bits per heavy atom. The number of aromatic nitrogens is 2. The van der Waals surface area contributed by atoms with Crippen molar-refractivity contribution in [1.29, 1.82) is 0 Å². The van der Waals surface area contributed by atoms with Gasteiger partial charge in [0.05, 0.1) is 6.10 Å². The maximum Gasteiger partial charge on any atom is 0.129 e. The highest BCUT2D eigenvalue weighted by Gasteiger charge is 2.24. The predicted molar refractivity (Wildman–Crippen MR) is 78.4 cm³/mol. The Hall–Kier alpha value is -1.72. The van der Waals surface area contributed by atoms with Crippen LogP contribution >= 0.6 is 0 Å². The molecule has 112 valence electrons. The Labute approximate surface area is 123 Å². The van der Waals surface area contributed by atoms with Crippen molar-refractivity contribution < 1.29 is 9.50 Å². The molecule has 21 heavy (non-hydrogen) atoms. The van der Waals surface area contributed by atoms with Crippen LogP contribution < -0.4 is 0 Å². The van der Waals surface area contributed by atoms with E-state index in [9.17, 15) is 9.50 Å². The second-order valence-electron chi connectivity index (χ2n) is 5.62. The van der Waals surface area contributed by atoms with Gasteiger partial charge in [-0.1, -0.05) is 18.2 Å². The van der Waals surface area contributed by atoms with Crippen LogP contribution in [0.5, 0.6) is 0 Å². The van der Waals surface area contributed by atoms with Crippen molar-refractivity contribution >= 4 is 0 Å². The molecule has 0 spiro atoms. The first-order valence-electron chi connectivity index (χ1n) is 7.38. The van der Waals surface area contributed by atoms with E-state index >= 15 is 0 Å². The Morgan fingerprint density at radius 3 is 2.71 bits per heavy atom. The monoisotopic (exact) mass is 289 g/mol. The van der Waals surface area contributed by atoms with Gasteiger partial charge in [-0.15, -0.1) is 0 Å². The molecule has 0 aliphatic carbocycles. The average Bonchev–Trinajstić information content (AvgIpc) is 3.02. The zero-order valence-electron chi connectivity index (χ0n) is 11.9. The van der Waals surface area contributed by atoms with Crippen LogP contribution in [0.15, 0.2) is 36.5 Å². The number of nitrogens with zero attached hydrogens (tertiary/aromatic N) is 2. The van der Waals surface area contributed by atoms with E-state index in [0.29, 0.717) is 18.0 Å². The molecule has 0 unspecified atom stereocenters. The van der Waals surface area contributed by atoms with Crippen LogP contribution in [0.3, 0.4) is 0 Å². The molecule has 2 heterocycles. The van der Waals surface area contributed by atoms with Gasteiger partial charge >= 0.3 is 0 Å². The average molecular weight is 289 g/mol. The first-order chi connectivity index (χ1) is 10.2. The fourth-order valence-corrected chi connectivity index (χ4v) is 3.01. The summed E-state index contributed by atoms with van der Waals surface area (Å²) in [5.41, 5.74) is 1.57. The van der Waals surface area contributed by atoms with Crippen molar-refractivity contribution in [1.82, 2.24) is 15.1 Å². The summed E-state index contributed by atoms with van der Waals surface area (Å²) in [7, 11) is 0. The van der Waals surface area contributed by atoms with Crippen molar-refractivity contribution in [3.8, 4) is 0 Å². The van der Waals surface area contributed by atoms with Gasteiger partial charge < -0.3 is 10.0 Å². The standard InChI is InChI=1S/C16H20FN3O/c17-14-4-2-1-3-13(14)16(21)11-20-9-6-12(7-10-20)15-5-8-18-19-15/h1-5,8,12,16,21H,6-7,9-11H2,(H,18,19)/t16-/m1/s1. The summed E-state index contributed by atoms with van der Waals surface area (Å²) in [5.74, 6) is 0.173. The Kier molecular flexibility index (Phi) is 4.31. The Bertz CT molecular complexity index is 565. The number of benzene rings is 1. The lowest BCUT2D eigenvalue weighted by molar-refractivity contribution is 0.0944. The number of hydrogen-bond acceptors (Lipinski definition) is 3. The highest BCUT2D eigenvalue weighted by Crippen LogP contribution is 2.27. The molecule has 2 aromatic rings. The third-order valence-electron chi connectivity index (χ3n) is 4.25. The lowest BCUT2D eigenvalue weighted by Gasteiger charge is -2.32. The summed E-state index contributed by atoms with van der Waals surface area (Å²) in [6.45, 7) is 2.31. The minimum Gasteiger partial charge on any atom is -0.387 e. The number of rotatable bonds is 4. The maximum absolute atomic E-state index is 13.7. The number of piperidine rings is 1. The van der Waals surface area contributed by atoms with E-state index in [1.54, 1.807) is 24.4 Å². The minimum absolute atomic E-state index is 0.336. The van der Waals surface area contributed by atoms with E-state index in [1.165, 1.54) is 11.8 Å². The van der Waals surface area contributed by atoms with E-state index < -0.39 is 6.10 Å². The molecule has 0 radical (unpaired) electrons. The summed E-state index contributed by atoms with van der Waals surface area (Å²) in [5, 5.41) is 17.2. The van der Waals surface area contributed by atoms with E-state index in [0.717, 1.165) is 25.9 Å². The van der Waals surface area contributed by atoms with Crippen LogP contribution in [0.25, 0.3) is 0 Å². The van der Waals surface area contributed by atoms with Crippen molar-refractivity contribution in [3.63, 3.8) is 0 Å². The second-order valence-corrected chi connectivity index (χ2v) is 5.62. The van der Waals surface area contributed by atoms with Gasteiger partial charge in [0.2, 0.25) is 0 Å². The molecule has 1 aromatic heterocycles. The maximum atomic E-state index is 13.7. The van der Waals surface area contributed by atoms with Crippen LogP contribution in [-0.2, 0) is 0 Å². The smallest absolute Gasteiger partial charge is 0.129 e. The minimum atomic E-state index is -0.769. The summed E-state index contributed by atoms with van der Waals surface area (Å²) in [4.78, 5) is 2.20. The summed E-state index contributed by atoms with van der Waals surface area (Å²) in [6, 6.07) is 8.46. The highest BCUT2D eigenvalue weighted by molar-refractivity contribution is 5.20.